The number of carbonyl (C=O) groups excluding carboxylic acids is 1. The number of nitrogens with one attached hydrogen (secondary N) is 1. The Bertz CT molecular complexity index is 857. The van der Waals surface area contributed by atoms with Crippen molar-refractivity contribution in [1.82, 2.24) is 4.98 Å². The van der Waals surface area contributed by atoms with Crippen LogP contribution in [0.4, 0.5) is 5.13 Å². The number of thiazole rings is 1. The molecule has 120 valence electrons. The lowest BCUT2D eigenvalue weighted by atomic mass is 10.2. The van der Waals surface area contributed by atoms with E-state index in [4.69, 9.17) is 4.74 Å². The van der Waals surface area contributed by atoms with Crippen LogP contribution < -0.4 is 10.1 Å². The number of rotatable bonds is 5. The van der Waals surface area contributed by atoms with Crippen LogP contribution in [-0.2, 0) is 4.79 Å². The van der Waals surface area contributed by atoms with Gasteiger partial charge < -0.3 is 4.74 Å². The second kappa shape index (κ2) is 7.57. The maximum Gasteiger partial charge on any atom is 0.250 e. The second-order valence-electron chi connectivity index (χ2n) is 4.99. The molecule has 0 bridgehead atoms. The highest BCUT2D eigenvalue weighted by atomic mass is 32.1. The standard InChI is InChI=1S/C19H16N2O2S/c1-23-16-9-5-6-14(12-16)10-11-18(22)21-19-20-13-17(24-19)15-7-3-2-4-8-15/h2-13H,1H3,(H,20,21,22)/b11-10+. The summed E-state index contributed by atoms with van der Waals surface area (Å²) < 4.78 is 5.16. The maximum absolute atomic E-state index is 12.0. The van der Waals surface area contributed by atoms with Crippen molar-refractivity contribution in [2.75, 3.05) is 12.4 Å². The molecule has 0 saturated carbocycles. The molecule has 0 spiro atoms. The minimum absolute atomic E-state index is 0.216. The summed E-state index contributed by atoms with van der Waals surface area (Å²) in [7, 11) is 1.61. The highest BCUT2D eigenvalue weighted by molar-refractivity contribution is 7.19. The Labute approximate surface area is 144 Å². The van der Waals surface area contributed by atoms with Gasteiger partial charge in [-0.05, 0) is 29.3 Å². The highest BCUT2D eigenvalue weighted by Gasteiger charge is 2.06. The maximum atomic E-state index is 12.0. The van der Waals surface area contributed by atoms with Crippen molar-refractivity contribution in [3.05, 3.63) is 72.4 Å². The van der Waals surface area contributed by atoms with Crippen molar-refractivity contribution < 1.29 is 9.53 Å². The topological polar surface area (TPSA) is 51.2 Å². The molecule has 3 rings (SSSR count). The van der Waals surface area contributed by atoms with Crippen molar-refractivity contribution in [3.8, 4) is 16.2 Å². The Balaban J connectivity index is 1.65. The molecule has 2 aromatic carbocycles. The lowest BCUT2D eigenvalue weighted by molar-refractivity contribution is -0.111. The van der Waals surface area contributed by atoms with Crippen molar-refractivity contribution in [1.29, 1.82) is 0 Å². The Kier molecular flexibility index (Phi) is 5.03. The first kappa shape index (κ1) is 16.0. The lowest BCUT2D eigenvalue weighted by Crippen LogP contribution is -2.07. The number of methoxy groups -OCH3 is 1. The third-order valence-corrected chi connectivity index (χ3v) is 4.28. The van der Waals surface area contributed by atoms with Crippen LogP contribution in [0.5, 0.6) is 5.75 Å². The molecule has 0 aliphatic carbocycles. The van der Waals surface area contributed by atoms with Crippen LogP contribution in [0.3, 0.4) is 0 Å². The molecule has 1 heterocycles. The van der Waals surface area contributed by atoms with E-state index in [-0.39, 0.29) is 5.91 Å². The van der Waals surface area contributed by atoms with Crippen LogP contribution >= 0.6 is 11.3 Å². The van der Waals surface area contributed by atoms with Crippen LogP contribution in [0.1, 0.15) is 5.56 Å². The monoisotopic (exact) mass is 336 g/mol. The van der Waals surface area contributed by atoms with E-state index < -0.39 is 0 Å². The summed E-state index contributed by atoms with van der Waals surface area (Å²) in [5.74, 6) is 0.539. The first-order valence-corrected chi connectivity index (χ1v) is 8.20. The van der Waals surface area contributed by atoms with E-state index in [2.05, 4.69) is 10.3 Å². The van der Waals surface area contributed by atoms with Crippen LogP contribution in [0.25, 0.3) is 16.5 Å². The molecule has 0 fully saturated rings. The zero-order chi connectivity index (χ0) is 16.8. The van der Waals surface area contributed by atoms with Gasteiger partial charge in [0.05, 0.1) is 12.0 Å². The van der Waals surface area contributed by atoms with Gasteiger partial charge in [0.25, 0.3) is 0 Å². The summed E-state index contributed by atoms with van der Waals surface area (Å²) in [6.45, 7) is 0. The lowest BCUT2D eigenvalue weighted by Gasteiger charge is -2.00. The van der Waals surface area contributed by atoms with E-state index in [9.17, 15) is 4.79 Å². The Morgan fingerprint density at radius 2 is 2.00 bits per heavy atom. The first-order valence-electron chi connectivity index (χ1n) is 7.39. The molecule has 0 aliphatic heterocycles. The molecule has 3 aromatic rings. The number of benzene rings is 2. The molecule has 0 saturated heterocycles. The van der Waals surface area contributed by atoms with Crippen LogP contribution in [0.15, 0.2) is 66.9 Å². The van der Waals surface area contributed by atoms with Gasteiger partial charge in [-0.3, -0.25) is 10.1 Å². The summed E-state index contributed by atoms with van der Waals surface area (Å²) in [4.78, 5) is 17.3. The first-order chi connectivity index (χ1) is 11.7. The molecular formula is C19H16N2O2S. The second-order valence-corrected chi connectivity index (χ2v) is 6.03. The largest absolute Gasteiger partial charge is 0.497 e. The quantitative estimate of drug-likeness (QED) is 0.699. The van der Waals surface area contributed by atoms with E-state index in [1.54, 1.807) is 19.4 Å². The van der Waals surface area contributed by atoms with Gasteiger partial charge in [0.1, 0.15) is 5.75 Å². The van der Waals surface area contributed by atoms with Crippen LogP contribution in [0, 0.1) is 0 Å². The summed E-state index contributed by atoms with van der Waals surface area (Å²) in [5.41, 5.74) is 1.98. The fraction of sp³-hybridized carbons (Fsp3) is 0.0526. The Morgan fingerprint density at radius 3 is 2.79 bits per heavy atom. The minimum atomic E-state index is -0.216. The zero-order valence-corrected chi connectivity index (χ0v) is 13.9. The molecule has 0 unspecified atom stereocenters. The van der Waals surface area contributed by atoms with Gasteiger partial charge in [-0.2, -0.15) is 0 Å². The molecule has 4 nitrogen and oxygen atoms in total. The average molecular weight is 336 g/mol. The number of anilines is 1. The number of amides is 1. The van der Waals surface area contributed by atoms with Crippen molar-refractivity contribution in [2.24, 2.45) is 0 Å². The molecule has 1 aromatic heterocycles. The molecule has 1 amide bonds. The average Bonchev–Trinajstić information content (AvgIpc) is 3.09. The normalized spacial score (nSPS) is 10.7. The van der Waals surface area contributed by atoms with Crippen molar-refractivity contribution >= 4 is 28.5 Å². The molecule has 5 heteroatoms. The molecule has 0 radical (unpaired) electrons. The summed E-state index contributed by atoms with van der Waals surface area (Å²) in [5, 5.41) is 3.36. The van der Waals surface area contributed by atoms with Gasteiger partial charge in [0.2, 0.25) is 5.91 Å². The molecule has 0 atom stereocenters. The van der Waals surface area contributed by atoms with Gasteiger partial charge in [0.15, 0.2) is 5.13 Å². The fourth-order valence-electron chi connectivity index (χ4n) is 2.13. The van der Waals surface area contributed by atoms with E-state index in [1.165, 1.54) is 17.4 Å². The summed E-state index contributed by atoms with van der Waals surface area (Å²) >= 11 is 1.45. The van der Waals surface area contributed by atoms with E-state index in [0.717, 1.165) is 21.8 Å². The van der Waals surface area contributed by atoms with Gasteiger partial charge in [-0.25, -0.2) is 4.98 Å². The van der Waals surface area contributed by atoms with Crippen LogP contribution in [0.2, 0.25) is 0 Å². The molecule has 1 N–H and O–H groups in total. The van der Waals surface area contributed by atoms with E-state index in [1.807, 2.05) is 54.6 Å². The number of aromatic nitrogens is 1. The van der Waals surface area contributed by atoms with Gasteiger partial charge in [-0.1, -0.05) is 53.8 Å². The minimum Gasteiger partial charge on any atom is -0.497 e. The third kappa shape index (κ3) is 4.08. The Morgan fingerprint density at radius 1 is 1.17 bits per heavy atom. The predicted octanol–water partition coefficient (Wildman–Crippen LogP) is 4.47. The summed E-state index contributed by atoms with van der Waals surface area (Å²) in [6, 6.07) is 17.5. The zero-order valence-electron chi connectivity index (χ0n) is 13.1. The number of hydrogen-bond donors (Lipinski definition) is 1. The Hall–Kier alpha value is -2.92. The smallest absolute Gasteiger partial charge is 0.250 e. The van der Waals surface area contributed by atoms with Crippen LogP contribution in [-0.4, -0.2) is 18.0 Å². The number of ether oxygens (including phenoxy) is 1. The molecule has 0 aliphatic rings. The highest BCUT2D eigenvalue weighted by Crippen LogP contribution is 2.28. The number of carbonyl (C=O) groups is 1. The van der Waals surface area contributed by atoms with E-state index in [0.29, 0.717) is 5.13 Å². The number of hydrogen-bond acceptors (Lipinski definition) is 4. The predicted molar refractivity (Wildman–Crippen MR) is 98.2 cm³/mol. The SMILES string of the molecule is COc1cccc(/C=C/C(=O)Nc2ncc(-c3ccccc3)s2)c1. The molecular weight excluding hydrogens is 320 g/mol. The van der Waals surface area contributed by atoms with Gasteiger partial charge in [-0.15, -0.1) is 0 Å². The van der Waals surface area contributed by atoms with Gasteiger partial charge in [0, 0.05) is 12.3 Å². The van der Waals surface area contributed by atoms with Gasteiger partial charge >= 0.3 is 0 Å². The van der Waals surface area contributed by atoms with Crippen molar-refractivity contribution in [3.63, 3.8) is 0 Å². The van der Waals surface area contributed by atoms with Crippen molar-refractivity contribution in [2.45, 2.75) is 0 Å². The third-order valence-electron chi connectivity index (χ3n) is 3.32. The molecule has 24 heavy (non-hydrogen) atoms. The van der Waals surface area contributed by atoms with E-state index >= 15 is 0 Å². The number of nitrogens with zero attached hydrogens (tertiary/aromatic N) is 1. The fourth-order valence-corrected chi connectivity index (χ4v) is 2.96. The summed E-state index contributed by atoms with van der Waals surface area (Å²) in [6.07, 6.45) is 4.99.